The van der Waals surface area contributed by atoms with E-state index < -0.39 is 5.54 Å². The molecule has 3 N–H and O–H groups in total. The molecule has 0 bridgehead atoms. The Bertz CT molecular complexity index is 163. The molecule has 0 fully saturated rings. The first-order valence-electron chi connectivity index (χ1n) is 6.67. The van der Waals surface area contributed by atoms with Crippen LogP contribution in [0.15, 0.2) is 0 Å². The van der Waals surface area contributed by atoms with Crippen molar-refractivity contribution in [3.63, 3.8) is 0 Å². The first-order chi connectivity index (χ1) is 8.12. The largest absolute Gasteiger partial charge is 0.394 e. The van der Waals surface area contributed by atoms with Gasteiger partial charge in [0, 0.05) is 18.8 Å². The summed E-state index contributed by atoms with van der Waals surface area (Å²) in [7, 11) is 0. The van der Waals surface area contributed by atoms with Crippen molar-refractivity contribution in [2.45, 2.75) is 51.5 Å². The molecule has 0 heterocycles. The lowest BCUT2D eigenvalue weighted by molar-refractivity contribution is 0.0447. The maximum absolute atomic E-state index is 8.96. The van der Waals surface area contributed by atoms with Gasteiger partial charge in [-0.3, -0.25) is 0 Å². The summed E-state index contributed by atoms with van der Waals surface area (Å²) >= 11 is 0. The van der Waals surface area contributed by atoms with Crippen LogP contribution >= 0.6 is 0 Å². The van der Waals surface area contributed by atoms with Crippen LogP contribution in [0.4, 0.5) is 0 Å². The Hall–Kier alpha value is -0.160. The number of hydrogen-bond acceptors (Lipinski definition) is 4. The fourth-order valence-electron chi connectivity index (χ4n) is 1.38. The third-order valence-electron chi connectivity index (χ3n) is 2.66. The number of aliphatic hydroxyl groups is 1. The second kappa shape index (κ2) is 11.0. The third kappa shape index (κ3) is 12.1. The molecule has 0 rings (SSSR count). The Kier molecular flexibility index (Phi) is 10.9. The number of nitrogens with two attached hydrogens (primary N) is 1. The Balaban J connectivity index is 3.09. The molecule has 0 saturated heterocycles. The van der Waals surface area contributed by atoms with Crippen molar-refractivity contribution in [2.75, 3.05) is 33.0 Å². The summed E-state index contributed by atoms with van der Waals surface area (Å²) in [5.74, 6) is 0. The summed E-state index contributed by atoms with van der Waals surface area (Å²) in [5.41, 5.74) is 5.37. The summed E-state index contributed by atoms with van der Waals surface area (Å²) in [5, 5.41) is 8.96. The first kappa shape index (κ1) is 16.8. The quantitative estimate of drug-likeness (QED) is 0.515. The van der Waals surface area contributed by atoms with Gasteiger partial charge in [0.05, 0.1) is 19.8 Å². The second-order valence-electron chi connectivity index (χ2n) is 4.85. The van der Waals surface area contributed by atoms with Crippen molar-refractivity contribution in [3.8, 4) is 0 Å². The number of unbranched alkanes of at least 4 members (excludes halogenated alkanes) is 2. The van der Waals surface area contributed by atoms with Gasteiger partial charge in [-0.05, 0) is 32.6 Å². The van der Waals surface area contributed by atoms with Crippen molar-refractivity contribution in [1.29, 1.82) is 0 Å². The summed E-state index contributed by atoms with van der Waals surface area (Å²) in [6, 6.07) is 0. The molecule has 17 heavy (non-hydrogen) atoms. The standard InChI is InChI=1S/C13H29NO3/c1-3-4-8-16-10-11-17-9-6-5-7-13(2,14)12-15/h15H,3-12,14H2,1-2H3. The highest BCUT2D eigenvalue weighted by Gasteiger charge is 2.15. The van der Waals surface area contributed by atoms with Gasteiger partial charge in [-0.15, -0.1) is 0 Å². The van der Waals surface area contributed by atoms with Crippen molar-refractivity contribution in [2.24, 2.45) is 5.73 Å². The summed E-state index contributed by atoms with van der Waals surface area (Å²) in [4.78, 5) is 0. The van der Waals surface area contributed by atoms with Gasteiger partial charge in [-0.2, -0.15) is 0 Å². The molecule has 1 atom stereocenters. The Morgan fingerprint density at radius 3 is 2.12 bits per heavy atom. The van der Waals surface area contributed by atoms with Gasteiger partial charge in [0.15, 0.2) is 0 Å². The number of ether oxygens (including phenoxy) is 2. The highest BCUT2D eigenvalue weighted by Crippen LogP contribution is 2.09. The van der Waals surface area contributed by atoms with Gasteiger partial charge >= 0.3 is 0 Å². The van der Waals surface area contributed by atoms with Gasteiger partial charge in [-0.25, -0.2) is 0 Å². The van der Waals surface area contributed by atoms with Crippen LogP contribution in [-0.4, -0.2) is 43.7 Å². The van der Waals surface area contributed by atoms with Crippen LogP contribution in [0.3, 0.4) is 0 Å². The smallest absolute Gasteiger partial charge is 0.0700 e. The SMILES string of the molecule is CCCCOCCOCCCCC(C)(N)CO. The van der Waals surface area contributed by atoms with Gasteiger partial charge in [0.1, 0.15) is 0 Å². The van der Waals surface area contributed by atoms with E-state index in [1.165, 1.54) is 6.42 Å². The monoisotopic (exact) mass is 247 g/mol. The lowest BCUT2D eigenvalue weighted by Gasteiger charge is -2.21. The molecular formula is C13H29NO3. The fraction of sp³-hybridized carbons (Fsp3) is 1.00. The zero-order valence-corrected chi connectivity index (χ0v) is 11.4. The van der Waals surface area contributed by atoms with E-state index in [-0.39, 0.29) is 6.61 Å². The van der Waals surface area contributed by atoms with Gasteiger partial charge in [0.25, 0.3) is 0 Å². The predicted octanol–water partition coefficient (Wildman–Crippen LogP) is 1.70. The van der Waals surface area contributed by atoms with Crippen molar-refractivity contribution >= 4 is 0 Å². The lowest BCUT2D eigenvalue weighted by atomic mass is 9.97. The number of hydrogen-bond donors (Lipinski definition) is 2. The minimum atomic E-state index is -0.441. The maximum atomic E-state index is 8.96. The van der Waals surface area contributed by atoms with Gasteiger partial charge in [-0.1, -0.05) is 13.3 Å². The molecule has 0 aliphatic heterocycles. The molecule has 4 heteroatoms. The van der Waals surface area contributed by atoms with Crippen LogP contribution in [-0.2, 0) is 9.47 Å². The predicted molar refractivity (Wildman–Crippen MR) is 70.1 cm³/mol. The van der Waals surface area contributed by atoms with E-state index in [0.29, 0.717) is 13.2 Å². The van der Waals surface area contributed by atoms with E-state index in [1.807, 2.05) is 6.92 Å². The Morgan fingerprint density at radius 2 is 1.59 bits per heavy atom. The van der Waals surface area contributed by atoms with Crippen LogP contribution < -0.4 is 5.73 Å². The molecule has 0 aromatic carbocycles. The Morgan fingerprint density at radius 1 is 1.00 bits per heavy atom. The fourth-order valence-corrected chi connectivity index (χ4v) is 1.38. The van der Waals surface area contributed by atoms with Crippen LogP contribution in [0, 0.1) is 0 Å². The van der Waals surface area contributed by atoms with Crippen molar-refractivity contribution in [1.82, 2.24) is 0 Å². The average molecular weight is 247 g/mol. The zero-order valence-electron chi connectivity index (χ0n) is 11.4. The molecule has 0 aromatic heterocycles. The number of aliphatic hydroxyl groups excluding tert-OH is 1. The normalized spacial score (nSPS) is 14.8. The summed E-state index contributed by atoms with van der Waals surface area (Å²) in [6.07, 6.45) is 5.10. The minimum Gasteiger partial charge on any atom is -0.394 e. The van der Waals surface area contributed by atoms with E-state index in [4.69, 9.17) is 20.3 Å². The second-order valence-corrected chi connectivity index (χ2v) is 4.85. The van der Waals surface area contributed by atoms with Gasteiger partial charge in [0.2, 0.25) is 0 Å². The van der Waals surface area contributed by atoms with Crippen LogP contribution in [0.1, 0.15) is 46.0 Å². The van der Waals surface area contributed by atoms with Crippen molar-refractivity contribution < 1.29 is 14.6 Å². The Labute approximate surface area is 105 Å². The molecule has 0 spiro atoms. The molecule has 104 valence electrons. The molecule has 0 aliphatic carbocycles. The molecule has 4 nitrogen and oxygen atoms in total. The lowest BCUT2D eigenvalue weighted by Crippen LogP contribution is -2.39. The highest BCUT2D eigenvalue weighted by atomic mass is 16.5. The highest BCUT2D eigenvalue weighted by molar-refractivity contribution is 4.76. The van der Waals surface area contributed by atoms with E-state index >= 15 is 0 Å². The van der Waals surface area contributed by atoms with Gasteiger partial charge < -0.3 is 20.3 Å². The van der Waals surface area contributed by atoms with E-state index in [2.05, 4.69) is 6.92 Å². The average Bonchev–Trinajstić information content (AvgIpc) is 2.31. The molecule has 0 amide bonds. The maximum Gasteiger partial charge on any atom is 0.0700 e. The first-order valence-corrected chi connectivity index (χ1v) is 6.67. The molecular weight excluding hydrogens is 218 g/mol. The summed E-state index contributed by atoms with van der Waals surface area (Å²) < 4.78 is 10.8. The molecule has 0 saturated carbocycles. The summed E-state index contributed by atoms with van der Waals surface area (Å²) in [6.45, 7) is 7.00. The molecule has 1 unspecified atom stereocenters. The molecule has 0 radical (unpaired) electrons. The van der Waals surface area contributed by atoms with E-state index in [9.17, 15) is 0 Å². The minimum absolute atomic E-state index is 0.0408. The van der Waals surface area contributed by atoms with E-state index in [1.54, 1.807) is 0 Å². The van der Waals surface area contributed by atoms with Crippen LogP contribution in [0.2, 0.25) is 0 Å². The molecule has 0 aromatic rings. The van der Waals surface area contributed by atoms with Crippen LogP contribution in [0.5, 0.6) is 0 Å². The number of rotatable bonds is 12. The van der Waals surface area contributed by atoms with Crippen LogP contribution in [0.25, 0.3) is 0 Å². The zero-order chi connectivity index (χ0) is 13.0. The topological polar surface area (TPSA) is 64.7 Å². The third-order valence-corrected chi connectivity index (χ3v) is 2.66. The van der Waals surface area contributed by atoms with E-state index in [0.717, 1.165) is 38.9 Å². The van der Waals surface area contributed by atoms with Crippen molar-refractivity contribution in [3.05, 3.63) is 0 Å². The molecule has 0 aliphatic rings.